The molecule has 1 saturated carbocycles. The lowest BCUT2D eigenvalue weighted by molar-refractivity contribution is 0.389. The predicted octanol–water partition coefficient (Wildman–Crippen LogP) is 2.92. The highest BCUT2D eigenvalue weighted by molar-refractivity contribution is 5.13. The smallest absolute Gasteiger partial charge is 0.0535 e. The normalized spacial score (nSPS) is 19.3. The van der Waals surface area contributed by atoms with Crippen LogP contribution >= 0.6 is 0 Å². The van der Waals surface area contributed by atoms with Crippen molar-refractivity contribution < 1.29 is 0 Å². The van der Waals surface area contributed by atoms with E-state index in [0.717, 1.165) is 12.6 Å². The van der Waals surface area contributed by atoms with Crippen LogP contribution in [0.15, 0.2) is 6.20 Å². The molecule has 1 aliphatic rings. The summed E-state index contributed by atoms with van der Waals surface area (Å²) in [6.07, 6.45) is 11.7. The molecule has 0 saturated heterocycles. The predicted molar refractivity (Wildman–Crippen MR) is 66.3 cm³/mol. The fourth-order valence-corrected chi connectivity index (χ4v) is 2.47. The van der Waals surface area contributed by atoms with E-state index in [0.29, 0.717) is 0 Å². The number of aryl methyl sites for hydroxylation is 1. The zero-order valence-electron chi connectivity index (χ0n) is 10.3. The first kappa shape index (κ1) is 11.6. The average molecular weight is 221 g/mol. The van der Waals surface area contributed by atoms with Gasteiger partial charge in [0.1, 0.15) is 0 Å². The van der Waals surface area contributed by atoms with Crippen LogP contribution in [0.1, 0.15) is 56.2 Å². The second-order valence-corrected chi connectivity index (χ2v) is 4.94. The maximum Gasteiger partial charge on any atom is 0.0535 e. The van der Waals surface area contributed by atoms with E-state index in [1.54, 1.807) is 0 Å². The number of H-pyrrole nitrogens is 1. The van der Waals surface area contributed by atoms with Crippen molar-refractivity contribution in [2.24, 2.45) is 0 Å². The number of rotatable bonds is 3. The van der Waals surface area contributed by atoms with Crippen molar-refractivity contribution in [3.8, 4) is 0 Å². The molecule has 1 aromatic heterocycles. The van der Waals surface area contributed by atoms with Gasteiger partial charge in [0.2, 0.25) is 0 Å². The minimum atomic E-state index is 0.717. The molecule has 3 heteroatoms. The van der Waals surface area contributed by atoms with Gasteiger partial charge in [0.05, 0.1) is 6.20 Å². The molecule has 16 heavy (non-hydrogen) atoms. The molecule has 1 heterocycles. The van der Waals surface area contributed by atoms with Crippen molar-refractivity contribution in [3.05, 3.63) is 17.5 Å². The van der Waals surface area contributed by atoms with Crippen molar-refractivity contribution >= 4 is 0 Å². The Balaban J connectivity index is 1.77. The molecule has 0 aromatic carbocycles. The van der Waals surface area contributed by atoms with Crippen LogP contribution in [-0.2, 0) is 6.54 Å². The Kier molecular flexibility index (Phi) is 4.40. The van der Waals surface area contributed by atoms with Crippen LogP contribution in [0.25, 0.3) is 0 Å². The third-order valence-electron chi connectivity index (χ3n) is 3.62. The molecule has 2 N–H and O–H groups in total. The summed E-state index contributed by atoms with van der Waals surface area (Å²) in [4.78, 5) is 0. The molecule has 1 aliphatic carbocycles. The van der Waals surface area contributed by atoms with Gasteiger partial charge < -0.3 is 5.32 Å². The van der Waals surface area contributed by atoms with E-state index >= 15 is 0 Å². The monoisotopic (exact) mass is 221 g/mol. The Bertz CT molecular complexity index is 298. The number of hydrogen-bond acceptors (Lipinski definition) is 2. The molecule has 90 valence electrons. The van der Waals surface area contributed by atoms with E-state index in [1.165, 1.54) is 56.2 Å². The van der Waals surface area contributed by atoms with Gasteiger partial charge in [-0.05, 0) is 19.8 Å². The summed E-state index contributed by atoms with van der Waals surface area (Å²) in [6.45, 7) is 3.05. The molecule has 0 unspecified atom stereocenters. The summed E-state index contributed by atoms with van der Waals surface area (Å²) >= 11 is 0. The summed E-state index contributed by atoms with van der Waals surface area (Å²) in [5.41, 5.74) is 2.50. The van der Waals surface area contributed by atoms with Crippen LogP contribution in [0.3, 0.4) is 0 Å². The fourth-order valence-electron chi connectivity index (χ4n) is 2.47. The van der Waals surface area contributed by atoms with Gasteiger partial charge in [-0.2, -0.15) is 5.10 Å². The average Bonchev–Trinajstić information content (AvgIpc) is 2.63. The molecule has 2 rings (SSSR count). The van der Waals surface area contributed by atoms with E-state index in [9.17, 15) is 0 Å². The van der Waals surface area contributed by atoms with Gasteiger partial charge in [0.25, 0.3) is 0 Å². The number of hydrogen-bond donors (Lipinski definition) is 2. The van der Waals surface area contributed by atoms with Crippen molar-refractivity contribution in [3.63, 3.8) is 0 Å². The first-order valence-corrected chi connectivity index (χ1v) is 6.58. The SMILES string of the molecule is Cc1[nH]ncc1CNC1CCCCCCC1. The minimum Gasteiger partial charge on any atom is -0.310 e. The van der Waals surface area contributed by atoms with Gasteiger partial charge in [-0.3, -0.25) is 5.10 Å². The molecule has 1 fully saturated rings. The highest BCUT2D eigenvalue weighted by Crippen LogP contribution is 2.17. The molecule has 0 amide bonds. The van der Waals surface area contributed by atoms with Crippen molar-refractivity contribution in [1.29, 1.82) is 0 Å². The molecule has 0 bridgehead atoms. The van der Waals surface area contributed by atoms with Crippen LogP contribution in [0.5, 0.6) is 0 Å². The van der Waals surface area contributed by atoms with E-state index in [1.807, 2.05) is 6.20 Å². The lowest BCUT2D eigenvalue weighted by Gasteiger charge is -2.20. The van der Waals surface area contributed by atoms with E-state index in [4.69, 9.17) is 0 Å². The van der Waals surface area contributed by atoms with E-state index in [2.05, 4.69) is 22.4 Å². The Morgan fingerprint density at radius 1 is 1.25 bits per heavy atom. The van der Waals surface area contributed by atoms with Crippen molar-refractivity contribution in [1.82, 2.24) is 15.5 Å². The number of nitrogens with zero attached hydrogens (tertiary/aromatic N) is 1. The van der Waals surface area contributed by atoms with E-state index in [-0.39, 0.29) is 0 Å². The Hall–Kier alpha value is -0.830. The topological polar surface area (TPSA) is 40.7 Å². The van der Waals surface area contributed by atoms with Gasteiger partial charge in [0, 0.05) is 23.8 Å². The number of nitrogens with one attached hydrogen (secondary N) is 2. The molecule has 0 spiro atoms. The second-order valence-electron chi connectivity index (χ2n) is 4.94. The van der Waals surface area contributed by atoms with Crippen LogP contribution in [0.2, 0.25) is 0 Å². The molecule has 0 radical (unpaired) electrons. The number of aromatic nitrogens is 2. The lowest BCUT2D eigenvalue weighted by atomic mass is 9.96. The van der Waals surface area contributed by atoms with Crippen molar-refractivity contribution in [2.75, 3.05) is 0 Å². The third-order valence-corrected chi connectivity index (χ3v) is 3.62. The number of aromatic amines is 1. The van der Waals surface area contributed by atoms with Gasteiger partial charge >= 0.3 is 0 Å². The highest BCUT2D eigenvalue weighted by Gasteiger charge is 2.11. The summed E-state index contributed by atoms with van der Waals surface area (Å²) in [7, 11) is 0. The summed E-state index contributed by atoms with van der Waals surface area (Å²) in [6, 6.07) is 0.717. The quantitative estimate of drug-likeness (QED) is 0.824. The van der Waals surface area contributed by atoms with Gasteiger partial charge in [-0.15, -0.1) is 0 Å². The second kappa shape index (κ2) is 6.04. The van der Waals surface area contributed by atoms with Crippen LogP contribution in [0, 0.1) is 6.92 Å². The van der Waals surface area contributed by atoms with Gasteiger partial charge in [-0.25, -0.2) is 0 Å². The third kappa shape index (κ3) is 3.34. The van der Waals surface area contributed by atoms with E-state index < -0.39 is 0 Å². The largest absolute Gasteiger partial charge is 0.310 e. The van der Waals surface area contributed by atoms with Crippen molar-refractivity contribution in [2.45, 2.75) is 64.5 Å². The van der Waals surface area contributed by atoms with Gasteiger partial charge in [0.15, 0.2) is 0 Å². The minimum absolute atomic E-state index is 0.717. The molecular formula is C13H23N3. The molecule has 3 nitrogen and oxygen atoms in total. The standard InChI is InChI=1S/C13H23N3/c1-11-12(10-15-16-11)9-14-13-7-5-3-2-4-6-8-13/h10,13-14H,2-9H2,1H3,(H,15,16). The highest BCUT2D eigenvalue weighted by atomic mass is 15.1. The van der Waals surface area contributed by atoms with Crippen LogP contribution in [0.4, 0.5) is 0 Å². The maximum absolute atomic E-state index is 4.05. The Morgan fingerprint density at radius 3 is 2.56 bits per heavy atom. The Labute approximate surface area is 98.0 Å². The Morgan fingerprint density at radius 2 is 1.94 bits per heavy atom. The first-order valence-electron chi connectivity index (χ1n) is 6.58. The molecular weight excluding hydrogens is 198 g/mol. The fraction of sp³-hybridized carbons (Fsp3) is 0.769. The maximum atomic E-state index is 4.05. The van der Waals surface area contributed by atoms with Crippen LogP contribution in [-0.4, -0.2) is 16.2 Å². The van der Waals surface area contributed by atoms with Crippen LogP contribution < -0.4 is 5.32 Å². The molecule has 0 atom stereocenters. The molecule has 0 aliphatic heterocycles. The summed E-state index contributed by atoms with van der Waals surface area (Å²) in [5.74, 6) is 0. The lowest BCUT2D eigenvalue weighted by Crippen LogP contribution is -2.29. The summed E-state index contributed by atoms with van der Waals surface area (Å²) < 4.78 is 0. The zero-order chi connectivity index (χ0) is 11.2. The zero-order valence-corrected chi connectivity index (χ0v) is 10.3. The van der Waals surface area contributed by atoms with Gasteiger partial charge in [-0.1, -0.05) is 32.1 Å². The first-order chi connectivity index (χ1) is 7.86. The summed E-state index contributed by atoms with van der Waals surface area (Å²) in [5, 5.41) is 10.7. The molecule has 1 aromatic rings.